The zero-order valence-electron chi connectivity index (χ0n) is 7.29. The van der Waals surface area contributed by atoms with Crippen LogP contribution in [0, 0.1) is 17.1 Å². The van der Waals surface area contributed by atoms with Gasteiger partial charge >= 0.3 is 0 Å². The van der Waals surface area contributed by atoms with Gasteiger partial charge in [0.25, 0.3) is 0 Å². The second kappa shape index (κ2) is 3.90. The summed E-state index contributed by atoms with van der Waals surface area (Å²) in [6, 6.07) is 5.65. The molecule has 3 heteroatoms. The minimum absolute atomic E-state index is 0.0187. The van der Waals surface area contributed by atoms with E-state index in [0.717, 1.165) is 0 Å². The number of benzene rings is 1. The van der Waals surface area contributed by atoms with E-state index in [4.69, 9.17) is 5.26 Å². The molecule has 0 spiro atoms. The molecule has 0 saturated carbocycles. The number of hydrogen-bond donors (Lipinski definition) is 1. The third kappa shape index (κ3) is 1.97. The van der Waals surface area contributed by atoms with E-state index < -0.39 is 11.7 Å². The number of halogens is 1. The van der Waals surface area contributed by atoms with Crippen molar-refractivity contribution in [3.05, 3.63) is 29.6 Å². The van der Waals surface area contributed by atoms with Crippen LogP contribution in [0.4, 0.5) is 4.39 Å². The van der Waals surface area contributed by atoms with E-state index in [1.807, 2.05) is 13.0 Å². The van der Waals surface area contributed by atoms with Gasteiger partial charge in [0, 0.05) is 5.56 Å². The highest BCUT2D eigenvalue weighted by Gasteiger charge is 2.13. The third-order valence-electron chi connectivity index (χ3n) is 1.93. The molecule has 0 aromatic heterocycles. The monoisotopic (exact) mass is 179 g/mol. The van der Waals surface area contributed by atoms with Crippen LogP contribution >= 0.6 is 0 Å². The summed E-state index contributed by atoms with van der Waals surface area (Å²) in [6.07, 6.45) is 0.563. The van der Waals surface area contributed by atoms with Crippen LogP contribution in [0.25, 0.3) is 0 Å². The van der Waals surface area contributed by atoms with E-state index in [2.05, 4.69) is 0 Å². The summed E-state index contributed by atoms with van der Waals surface area (Å²) in [7, 11) is 0. The molecule has 0 radical (unpaired) electrons. The Kier molecular flexibility index (Phi) is 2.86. The first-order valence-electron chi connectivity index (χ1n) is 4.07. The lowest BCUT2D eigenvalue weighted by Crippen LogP contribution is -1.94. The van der Waals surface area contributed by atoms with Gasteiger partial charge in [0.1, 0.15) is 11.6 Å². The van der Waals surface area contributed by atoms with Crippen LogP contribution in [0.3, 0.4) is 0 Å². The Labute approximate surface area is 76.2 Å². The predicted octanol–water partition coefficient (Wildman–Crippen LogP) is 2.55. The van der Waals surface area contributed by atoms with Gasteiger partial charge in [-0.25, -0.2) is 4.39 Å². The minimum atomic E-state index is -0.435. The summed E-state index contributed by atoms with van der Waals surface area (Å²) in [5.74, 6) is -0.882. The maximum Gasteiger partial charge on any atom is 0.123 e. The molecule has 1 N–H and O–H groups in total. The second-order valence-electron chi connectivity index (χ2n) is 2.79. The van der Waals surface area contributed by atoms with Gasteiger partial charge in [-0.2, -0.15) is 5.26 Å². The highest BCUT2D eigenvalue weighted by atomic mass is 19.1. The highest BCUT2D eigenvalue weighted by Crippen LogP contribution is 2.27. The van der Waals surface area contributed by atoms with Crippen molar-refractivity contribution in [2.24, 2.45) is 0 Å². The Morgan fingerprint density at radius 2 is 2.31 bits per heavy atom. The lowest BCUT2D eigenvalue weighted by Gasteiger charge is -2.08. The molecule has 68 valence electrons. The molecule has 0 fully saturated rings. The number of hydrogen-bond acceptors (Lipinski definition) is 2. The van der Waals surface area contributed by atoms with Crippen molar-refractivity contribution in [2.75, 3.05) is 0 Å². The fourth-order valence-electron chi connectivity index (χ4n) is 1.19. The van der Waals surface area contributed by atoms with Crippen LogP contribution in [0.2, 0.25) is 0 Å². The van der Waals surface area contributed by atoms with Gasteiger partial charge < -0.3 is 5.11 Å². The molecule has 13 heavy (non-hydrogen) atoms. The Hall–Kier alpha value is -1.56. The van der Waals surface area contributed by atoms with Gasteiger partial charge in [0.2, 0.25) is 0 Å². The molecular formula is C10H10FNO. The summed E-state index contributed by atoms with van der Waals surface area (Å²) in [5, 5.41) is 18.1. The lowest BCUT2D eigenvalue weighted by molar-refractivity contribution is 0.462. The SMILES string of the molecule is CCC(C#N)c1cc(F)ccc1O. The predicted molar refractivity (Wildman–Crippen MR) is 46.7 cm³/mol. The van der Waals surface area contributed by atoms with Crippen molar-refractivity contribution in [3.63, 3.8) is 0 Å². The molecule has 0 saturated heterocycles. The van der Waals surface area contributed by atoms with E-state index in [9.17, 15) is 9.50 Å². The average Bonchev–Trinajstić information content (AvgIpc) is 2.13. The van der Waals surface area contributed by atoms with Crippen LogP contribution in [0.1, 0.15) is 24.8 Å². The van der Waals surface area contributed by atoms with Crippen molar-refractivity contribution >= 4 is 0 Å². The van der Waals surface area contributed by atoms with E-state index in [1.165, 1.54) is 18.2 Å². The van der Waals surface area contributed by atoms with Gasteiger partial charge in [-0.15, -0.1) is 0 Å². The van der Waals surface area contributed by atoms with Crippen LogP contribution in [0.5, 0.6) is 5.75 Å². The largest absolute Gasteiger partial charge is 0.508 e. The lowest BCUT2D eigenvalue weighted by atomic mass is 9.97. The van der Waals surface area contributed by atoms with E-state index in [1.54, 1.807) is 0 Å². The molecule has 0 aliphatic rings. The van der Waals surface area contributed by atoms with Gasteiger partial charge in [-0.1, -0.05) is 6.92 Å². The molecule has 0 bridgehead atoms. The number of nitriles is 1. The Balaban J connectivity index is 3.13. The van der Waals surface area contributed by atoms with Crippen LogP contribution in [-0.4, -0.2) is 5.11 Å². The molecule has 0 heterocycles. The zero-order chi connectivity index (χ0) is 9.84. The fourth-order valence-corrected chi connectivity index (χ4v) is 1.19. The van der Waals surface area contributed by atoms with Crippen molar-refractivity contribution in [1.29, 1.82) is 5.26 Å². The molecule has 1 unspecified atom stereocenters. The normalized spacial score (nSPS) is 12.1. The Morgan fingerprint density at radius 1 is 1.62 bits per heavy atom. The molecular weight excluding hydrogens is 169 g/mol. The average molecular weight is 179 g/mol. The van der Waals surface area contributed by atoms with Crippen LogP contribution in [0.15, 0.2) is 18.2 Å². The first kappa shape index (κ1) is 9.53. The van der Waals surface area contributed by atoms with Gasteiger partial charge in [-0.05, 0) is 24.6 Å². The van der Waals surface area contributed by atoms with E-state index in [-0.39, 0.29) is 5.75 Å². The van der Waals surface area contributed by atoms with Gasteiger partial charge in [-0.3, -0.25) is 0 Å². The Bertz CT molecular complexity index is 343. The van der Waals surface area contributed by atoms with Crippen molar-refractivity contribution in [3.8, 4) is 11.8 Å². The molecule has 2 nitrogen and oxygen atoms in total. The number of phenolic OH excluding ortho intramolecular Hbond substituents is 1. The summed E-state index contributed by atoms with van der Waals surface area (Å²) in [5.41, 5.74) is 0.366. The quantitative estimate of drug-likeness (QED) is 0.758. The smallest absolute Gasteiger partial charge is 0.123 e. The Morgan fingerprint density at radius 3 is 2.85 bits per heavy atom. The van der Waals surface area contributed by atoms with Gasteiger partial charge in [0.05, 0.1) is 12.0 Å². The third-order valence-corrected chi connectivity index (χ3v) is 1.93. The molecule has 1 rings (SSSR count). The molecule has 0 aliphatic carbocycles. The number of aromatic hydroxyl groups is 1. The number of rotatable bonds is 2. The van der Waals surface area contributed by atoms with Crippen molar-refractivity contribution in [1.82, 2.24) is 0 Å². The number of nitrogens with zero attached hydrogens (tertiary/aromatic N) is 1. The first-order valence-corrected chi connectivity index (χ1v) is 4.07. The van der Waals surface area contributed by atoms with Crippen molar-refractivity contribution < 1.29 is 9.50 Å². The topological polar surface area (TPSA) is 44.0 Å². The molecule has 0 amide bonds. The first-order chi connectivity index (χ1) is 6.19. The van der Waals surface area contributed by atoms with Gasteiger partial charge in [0.15, 0.2) is 0 Å². The molecule has 0 aliphatic heterocycles. The maximum atomic E-state index is 12.8. The number of phenols is 1. The zero-order valence-corrected chi connectivity index (χ0v) is 7.29. The molecule has 1 aromatic rings. The van der Waals surface area contributed by atoms with Crippen LogP contribution < -0.4 is 0 Å². The van der Waals surface area contributed by atoms with Crippen LogP contribution in [-0.2, 0) is 0 Å². The minimum Gasteiger partial charge on any atom is -0.508 e. The maximum absolute atomic E-state index is 12.8. The highest BCUT2D eigenvalue weighted by molar-refractivity contribution is 5.38. The summed E-state index contributed by atoms with van der Waals surface area (Å²) >= 11 is 0. The fraction of sp³-hybridized carbons (Fsp3) is 0.300. The van der Waals surface area contributed by atoms with E-state index in [0.29, 0.717) is 12.0 Å². The standard InChI is InChI=1S/C10H10FNO/c1-2-7(6-12)9-5-8(11)3-4-10(9)13/h3-5,7,13H,2H2,1H3. The summed E-state index contributed by atoms with van der Waals surface area (Å²) in [6.45, 7) is 1.82. The van der Waals surface area contributed by atoms with E-state index >= 15 is 0 Å². The molecule has 1 atom stereocenters. The summed E-state index contributed by atoms with van der Waals surface area (Å²) in [4.78, 5) is 0. The second-order valence-corrected chi connectivity index (χ2v) is 2.79. The van der Waals surface area contributed by atoms with Crippen molar-refractivity contribution in [2.45, 2.75) is 19.3 Å². The molecule has 1 aromatic carbocycles. The summed E-state index contributed by atoms with van der Waals surface area (Å²) < 4.78 is 12.8.